The van der Waals surface area contributed by atoms with Crippen molar-refractivity contribution in [3.8, 4) is 10.8 Å². The van der Waals surface area contributed by atoms with Crippen LogP contribution in [0.2, 0.25) is 0 Å². The van der Waals surface area contributed by atoms with Gasteiger partial charge in [0.25, 0.3) is 0 Å². The fraction of sp³-hybridized carbons (Fsp3) is 0.294. The van der Waals surface area contributed by atoms with Crippen LogP contribution in [0.1, 0.15) is 25.2 Å². The van der Waals surface area contributed by atoms with Gasteiger partial charge in [-0.25, -0.2) is 4.98 Å². The summed E-state index contributed by atoms with van der Waals surface area (Å²) in [7, 11) is 0. The number of hydrogen-bond donors (Lipinski definition) is 0. The monoisotopic (exact) mass is 313 g/mol. The second kappa shape index (κ2) is 6.85. The van der Waals surface area contributed by atoms with Crippen molar-refractivity contribution in [2.75, 3.05) is 0 Å². The highest BCUT2D eigenvalue weighted by Gasteiger charge is 2.15. The molecule has 0 aliphatic rings. The molecule has 114 valence electrons. The summed E-state index contributed by atoms with van der Waals surface area (Å²) in [6.07, 6.45) is 3.59. The second-order valence-corrected chi connectivity index (χ2v) is 6.39. The molecule has 0 saturated carbocycles. The van der Waals surface area contributed by atoms with Crippen LogP contribution in [0.15, 0.2) is 52.6 Å². The molecule has 0 unspecified atom stereocenters. The van der Waals surface area contributed by atoms with Gasteiger partial charge in [-0.3, -0.25) is 9.88 Å². The number of pyridine rings is 1. The molecule has 0 bridgehead atoms. The highest BCUT2D eigenvalue weighted by molar-refractivity contribution is 7.13. The summed E-state index contributed by atoms with van der Waals surface area (Å²) in [6.45, 7) is 5.93. The second-order valence-electron chi connectivity index (χ2n) is 5.44. The molecule has 0 N–H and O–H groups in total. The highest BCUT2D eigenvalue weighted by atomic mass is 32.1. The summed E-state index contributed by atoms with van der Waals surface area (Å²) in [4.78, 5) is 12.4. The lowest BCUT2D eigenvalue weighted by Crippen LogP contribution is -2.30. The van der Waals surface area contributed by atoms with Crippen molar-refractivity contribution >= 4 is 11.3 Å². The molecule has 3 heterocycles. The summed E-state index contributed by atoms with van der Waals surface area (Å²) in [5, 5.41) is 2.03. The first-order chi connectivity index (χ1) is 10.7. The molecule has 3 rings (SSSR count). The van der Waals surface area contributed by atoms with Crippen LogP contribution in [0.5, 0.6) is 0 Å². The highest BCUT2D eigenvalue weighted by Crippen LogP contribution is 2.24. The van der Waals surface area contributed by atoms with Crippen molar-refractivity contribution in [1.29, 1.82) is 0 Å². The topological polar surface area (TPSA) is 42.2 Å². The number of thiophene rings is 1. The van der Waals surface area contributed by atoms with Gasteiger partial charge in [-0.15, -0.1) is 11.3 Å². The molecule has 4 nitrogen and oxygen atoms in total. The number of rotatable bonds is 6. The van der Waals surface area contributed by atoms with Crippen LogP contribution in [0.4, 0.5) is 0 Å². The van der Waals surface area contributed by atoms with Gasteiger partial charge in [0.15, 0.2) is 0 Å². The molecule has 3 aromatic rings. The number of aromatic nitrogens is 2. The largest absolute Gasteiger partial charge is 0.444 e. The molecular weight excluding hydrogens is 294 g/mol. The van der Waals surface area contributed by atoms with E-state index in [1.54, 1.807) is 17.6 Å². The molecule has 0 saturated heterocycles. The van der Waals surface area contributed by atoms with Crippen LogP contribution < -0.4 is 0 Å². The standard InChI is InChI=1S/C17H19N3OS/c1-13(2)20(10-14-6-3-4-8-18-14)11-15-12-21-17(19-15)16-7-5-9-22-16/h3-9,12-13H,10-11H2,1-2H3. The van der Waals surface area contributed by atoms with Crippen LogP contribution in [0, 0.1) is 0 Å². The van der Waals surface area contributed by atoms with E-state index in [2.05, 4.69) is 34.8 Å². The Morgan fingerprint density at radius 2 is 2.00 bits per heavy atom. The molecule has 0 fully saturated rings. The lowest BCUT2D eigenvalue weighted by Gasteiger charge is -2.24. The van der Waals surface area contributed by atoms with Crippen molar-refractivity contribution in [2.45, 2.75) is 33.0 Å². The zero-order chi connectivity index (χ0) is 15.4. The minimum atomic E-state index is 0.406. The Hall–Kier alpha value is -1.98. The van der Waals surface area contributed by atoms with E-state index in [1.807, 2.05) is 35.8 Å². The summed E-state index contributed by atoms with van der Waals surface area (Å²) in [5.74, 6) is 0.701. The Morgan fingerprint density at radius 1 is 1.14 bits per heavy atom. The summed E-state index contributed by atoms with van der Waals surface area (Å²) < 4.78 is 5.60. The lowest BCUT2D eigenvalue weighted by atomic mass is 10.2. The predicted molar refractivity (Wildman–Crippen MR) is 88.4 cm³/mol. The fourth-order valence-electron chi connectivity index (χ4n) is 2.22. The first kappa shape index (κ1) is 14.9. The molecule has 0 amide bonds. The first-order valence-corrected chi connectivity index (χ1v) is 8.22. The van der Waals surface area contributed by atoms with Gasteiger partial charge in [0, 0.05) is 25.3 Å². The van der Waals surface area contributed by atoms with Gasteiger partial charge in [-0.05, 0) is 37.4 Å². The van der Waals surface area contributed by atoms with Crippen LogP contribution in [0.25, 0.3) is 10.8 Å². The van der Waals surface area contributed by atoms with E-state index in [-0.39, 0.29) is 0 Å². The van der Waals surface area contributed by atoms with E-state index in [4.69, 9.17) is 4.42 Å². The third-order valence-electron chi connectivity index (χ3n) is 3.47. The van der Waals surface area contributed by atoms with E-state index in [9.17, 15) is 0 Å². The molecule has 0 aliphatic heterocycles. The average Bonchev–Trinajstić information content (AvgIpc) is 3.18. The number of nitrogens with zero attached hydrogens (tertiary/aromatic N) is 3. The van der Waals surface area contributed by atoms with Gasteiger partial charge in [0.2, 0.25) is 5.89 Å². The molecule has 22 heavy (non-hydrogen) atoms. The Kier molecular flexibility index (Phi) is 4.65. The molecule has 0 aliphatic carbocycles. The molecule has 5 heteroatoms. The lowest BCUT2D eigenvalue weighted by molar-refractivity contribution is 0.198. The Labute approximate surface area is 134 Å². The Bertz CT molecular complexity index is 692. The third kappa shape index (κ3) is 3.61. The van der Waals surface area contributed by atoms with E-state index in [1.165, 1.54) is 0 Å². The van der Waals surface area contributed by atoms with Crippen molar-refractivity contribution in [1.82, 2.24) is 14.9 Å². The fourth-order valence-corrected chi connectivity index (χ4v) is 2.88. The van der Waals surface area contributed by atoms with Crippen LogP contribution in [-0.2, 0) is 13.1 Å². The quantitative estimate of drug-likeness (QED) is 0.683. The van der Waals surface area contributed by atoms with Crippen molar-refractivity contribution in [3.05, 3.63) is 59.6 Å². The Balaban J connectivity index is 1.71. The number of oxazole rings is 1. The zero-order valence-corrected chi connectivity index (χ0v) is 13.6. The predicted octanol–water partition coefficient (Wildman–Crippen LogP) is 4.21. The van der Waals surface area contributed by atoms with Crippen LogP contribution in [0.3, 0.4) is 0 Å². The van der Waals surface area contributed by atoms with Gasteiger partial charge in [-0.2, -0.15) is 0 Å². The minimum absolute atomic E-state index is 0.406. The van der Waals surface area contributed by atoms with Crippen LogP contribution >= 0.6 is 11.3 Å². The summed E-state index contributed by atoms with van der Waals surface area (Å²) in [6, 6.07) is 10.4. The number of hydrogen-bond acceptors (Lipinski definition) is 5. The first-order valence-electron chi connectivity index (χ1n) is 7.34. The van der Waals surface area contributed by atoms with Crippen molar-refractivity contribution in [2.24, 2.45) is 0 Å². The smallest absolute Gasteiger partial charge is 0.236 e. The van der Waals surface area contributed by atoms with Crippen LogP contribution in [-0.4, -0.2) is 20.9 Å². The van der Waals surface area contributed by atoms with Crippen molar-refractivity contribution < 1.29 is 4.42 Å². The van der Waals surface area contributed by atoms with E-state index >= 15 is 0 Å². The Morgan fingerprint density at radius 3 is 2.68 bits per heavy atom. The van der Waals surface area contributed by atoms with Crippen molar-refractivity contribution in [3.63, 3.8) is 0 Å². The third-order valence-corrected chi connectivity index (χ3v) is 4.33. The van der Waals surface area contributed by atoms with Gasteiger partial charge in [0.1, 0.15) is 6.26 Å². The van der Waals surface area contributed by atoms with E-state index < -0.39 is 0 Å². The molecule has 0 radical (unpaired) electrons. The SMILES string of the molecule is CC(C)N(Cc1ccccn1)Cc1coc(-c2cccs2)n1. The van der Waals surface area contributed by atoms with Gasteiger partial charge in [0.05, 0.1) is 16.3 Å². The molecule has 0 spiro atoms. The van der Waals surface area contributed by atoms with Gasteiger partial charge in [-0.1, -0.05) is 12.1 Å². The molecule has 3 aromatic heterocycles. The normalized spacial score (nSPS) is 11.5. The van der Waals surface area contributed by atoms with Gasteiger partial charge >= 0.3 is 0 Å². The maximum absolute atomic E-state index is 5.60. The van der Waals surface area contributed by atoms with Gasteiger partial charge < -0.3 is 4.42 Å². The molecule has 0 atom stereocenters. The summed E-state index contributed by atoms with van der Waals surface area (Å²) in [5.41, 5.74) is 2.02. The molecule has 0 aromatic carbocycles. The molecular formula is C17H19N3OS. The average molecular weight is 313 g/mol. The maximum atomic E-state index is 5.60. The maximum Gasteiger partial charge on any atom is 0.236 e. The zero-order valence-electron chi connectivity index (χ0n) is 12.8. The van der Waals surface area contributed by atoms with E-state index in [0.29, 0.717) is 11.9 Å². The summed E-state index contributed by atoms with van der Waals surface area (Å²) >= 11 is 1.64. The minimum Gasteiger partial charge on any atom is -0.444 e. The van der Waals surface area contributed by atoms with E-state index in [0.717, 1.165) is 29.4 Å².